The van der Waals surface area contributed by atoms with Gasteiger partial charge in [0.1, 0.15) is 6.26 Å². The van der Waals surface area contributed by atoms with Crippen LogP contribution in [-0.4, -0.2) is 10.3 Å². The Kier molecular flexibility index (Phi) is 1.51. The Morgan fingerprint density at radius 1 is 1.88 bits per heavy atom. The molecule has 0 fully saturated rings. The highest BCUT2D eigenvalue weighted by Gasteiger charge is 1.85. The van der Waals surface area contributed by atoms with E-state index in [0.717, 1.165) is 0 Å². The van der Waals surface area contributed by atoms with E-state index in [4.69, 9.17) is 0 Å². The molecule has 1 heterocycles. The largest absolute Gasteiger partial charge is 0.363 e. The topological polar surface area (TPSA) is 38.4 Å². The van der Waals surface area contributed by atoms with Gasteiger partial charge in [0.2, 0.25) is 5.82 Å². The molecule has 0 aromatic carbocycles. The molecule has 0 aliphatic carbocycles. The predicted octanol–water partition coefficient (Wildman–Crippen LogP) is 1.41. The van der Waals surface area contributed by atoms with Crippen LogP contribution in [0.1, 0.15) is 0 Å². The number of hydrogen-bond donors (Lipinski definition) is 0. The maximum Gasteiger partial charge on any atom is 0.205 e. The Labute approximate surface area is 51.0 Å². The summed E-state index contributed by atoms with van der Waals surface area (Å²) in [6.07, 6.45) is 1.42. The van der Waals surface area contributed by atoms with Crippen LogP contribution in [0.5, 0.6) is 0 Å². The molecule has 3 nitrogen and oxygen atoms in total. The zero-order chi connectivity index (χ0) is 5.82. The fraction of sp³-hybridized carbons (Fsp3) is 0. The van der Waals surface area contributed by atoms with Gasteiger partial charge >= 0.3 is 0 Å². The second kappa shape index (κ2) is 2.35. The molecule has 0 bridgehead atoms. The van der Waals surface area contributed by atoms with Crippen LogP contribution in [0, 0.1) is 0 Å². The van der Waals surface area contributed by atoms with E-state index in [1.54, 1.807) is 6.07 Å². The summed E-state index contributed by atoms with van der Waals surface area (Å²) in [7, 11) is 0. The normalized spacial score (nSPS) is 8.00. The van der Waals surface area contributed by atoms with Gasteiger partial charge in [0.05, 0.1) is 5.16 Å². The van der Waals surface area contributed by atoms with Gasteiger partial charge in [-0.15, -0.1) is 0 Å². The van der Waals surface area contributed by atoms with Gasteiger partial charge in [0.15, 0.2) is 0 Å². The van der Waals surface area contributed by atoms with Crippen molar-refractivity contribution in [2.75, 3.05) is 0 Å². The standard InChI is InChI=1S/C4H2N2OS/c8-3-5-4-1-2-7-6-4/h1-2H. The maximum atomic E-state index is 4.44. The van der Waals surface area contributed by atoms with Crippen LogP contribution < -0.4 is 0 Å². The molecule has 0 atom stereocenters. The van der Waals surface area contributed by atoms with Gasteiger partial charge in [-0.25, -0.2) is 0 Å². The molecular formula is C4H2N2OS. The lowest BCUT2D eigenvalue weighted by atomic mass is 10.7. The third-order valence-corrected chi connectivity index (χ3v) is 0.676. The summed E-state index contributed by atoms with van der Waals surface area (Å²) >= 11 is 4.30. The molecule has 1 rings (SSSR count). The first kappa shape index (κ1) is 5.15. The Balaban J connectivity index is 2.93. The Hall–Kier alpha value is -0.990. The maximum absolute atomic E-state index is 4.44. The molecular weight excluding hydrogens is 124 g/mol. The van der Waals surface area contributed by atoms with Crippen molar-refractivity contribution < 1.29 is 4.52 Å². The summed E-state index contributed by atoms with van der Waals surface area (Å²) in [5.41, 5.74) is 0. The summed E-state index contributed by atoms with van der Waals surface area (Å²) in [6, 6.07) is 1.60. The SMILES string of the molecule is S=C=Nc1ccon1. The molecule has 0 unspecified atom stereocenters. The number of aromatic nitrogens is 1. The van der Waals surface area contributed by atoms with Crippen LogP contribution in [0.3, 0.4) is 0 Å². The average molecular weight is 126 g/mol. The Morgan fingerprint density at radius 2 is 2.75 bits per heavy atom. The van der Waals surface area contributed by atoms with Gasteiger partial charge in [0, 0.05) is 6.07 Å². The fourth-order valence-corrected chi connectivity index (χ4v) is 0.404. The molecule has 0 radical (unpaired) electrons. The van der Waals surface area contributed by atoms with Crippen LogP contribution >= 0.6 is 12.2 Å². The van der Waals surface area contributed by atoms with Crippen LogP contribution in [0.2, 0.25) is 0 Å². The fourth-order valence-electron chi connectivity index (χ4n) is 0.311. The molecule has 0 amide bonds. The van der Waals surface area contributed by atoms with Crippen LogP contribution in [-0.2, 0) is 0 Å². The van der Waals surface area contributed by atoms with Gasteiger partial charge in [-0.2, -0.15) is 4.99 Å². The van der Waals surface area contributed by atoms with E-state index < -0.39 is 0 Å². The van der Waals surface area contributed by atoms with Gasteiger partial charge in [0.25, 0.3) is 0 Å². The lowest BCUT2D eigenvalue weighted by Crippen LogP contribution is -1.54. The minimum atomic E-state index is 0.458. The number of aliphatic imine (C=N–C) groups is 1. The molecule has 1 aromatic heterocycles. The molecule has 0 saturated carbocycles. The predicted molar refractivity (Wildman–Crippen MR) is 31.2 cm³/mol. The van der Waals surface area contributed by atoms with Crippen molar-refractivity contribution in [3.05, 3.63) is 12.3 Å². The molecule has 8 heavy (non-hydrogen) atoms. The molecule has 0 N–H and O–H groups in total. The van der Waals surface area contributed by atoms with Crippen molar-refractivity contribution in [1.82, 2.24) is 5.16 Å². The number of isothiocyanates is 1. The summed E-state index contributed by atoms with van der Waals surface area (Å²) in [6.45, 7) is 0. The van der Waals surface area contributed by atoms with Crippen LogP contribution in [0.25, 0.3) is 0 Å². The van der Waals surface area contributed by atoms with E-state index in [0.29, 0.717) is 5.82 Å². The van der Waals surface area contributed by atoms with Gasteiger partial charge in [-0.05, 0) is 12.2 Å². The van der Waals surface area contributed by atoms with E-state index in [-0.39, 0.29) is 0 Å². The number of hydrogen-bond acceptors (Lipinski definition) is 4. The average Bonchev–Trinajstić information content (AvgIpc) is 2.19. The van der Waals surface area contributed by atoms with Crippen molar-refractivity contribution in [3.63, 3.8) is 0 Å². The smallest absolute Gasteiger partial charge is 0.205 e. The Bertz CT molecular complexity index is 200. The van der Waals surface area contributed by atoms with Crippen molar-refractivity contribution in [2.24, 2.45) is 4.99 Å². The lowest BCUT2D eigenvalue weighted by Gasteiger charge is -1.67. The summed E-state index contributed by atoms with van der Waals surface area (Å²) in [5.74, 6) is 0.458. The third kappa shape index (κ3) is 0.992. The molecule has 0 spiro atoms. The second-order valence-electron chi connectivity index (χ2n) is 1.06. The van der Waals surface area contributed by atoms with E-state index in [2.05, 4.69) is 32.1 Å². The third-order valence-electron chi connectivity index (χ3n) is 0.584. The van der Waals surface area contributed by atoms with Crippen molar-refractivity contribution >= 4 is 23.2 Å². The summed E-state index contributed by atoms with van der Waals surface area (Å²) in [4.78, 5) is 3.53. The minimum Gasteiger partial charge on any atom is -0.363 e. The molecule has 0 saturated heterocycles. The molecule has 40 valence electrons. The number of nitrogens with zero attached hydrogens (tertiary/aromatic N) is 2. The Morgan fingerprint density at radius 3 is 3.25 bits per heavy atom. The zero-order valence-corrected chi connectivity index (χ0v) is 4.68. The van der Waals surface area contributed by atoms with Crippen molar-refractivity contribution in [3.8, 4) is 0 Å². The highest BCUT2D eigenvalue weighted by atomic mass is 32.1. The van der Waals surface area contributed by atoms with Crippen LogP contribution in [0.4, 0.5) is 5.82 Å². The number of rotatable bonds is 1. The van der Waals surface area contributed by atoms with Crippen molar-refractivity contribution in [2.45, 2.75) is 0 Å². The van der Waals surface area contributed by atoms with Crippen molar-refractivity contribution in [1.29, 1.82) is 0 Å². The molecule has 0 aliphatic rings. The minimum absolute atomic E-state index is 0.458. The highest BCUT2D eigenvalue weighted by Crippen LogP contribution is 2.03. The van der Waals surface area contributed by atoms with Gasteiger partial charge < -0.3 is 4.52 Å². The van der Waals surface area contributed by atoms with Crippen LogP contribution in [0.15, 0.2) is 21.8 Å². The van der Waals surface area contributed by atoms with E-state index in [9.17, 15) is 0 Å². The second-order valence-corrected chi connectivity index (χ2v) is 1.24. The summed E-state index contributed by atoms with van der Waals surface area (Å²) < 4.78 is 4.44. The van der Waals surface area contributed by atoms with E-state index in [1.807, 2.05) is 0 Å². The monoisotopic (exact) mass is 126 g/mol. The zero-order valence-electron chi connectivity index (χ0n) is 3.87. The lowest BCUT2D eigenvalue weighted by molar-refractivity contribution is 0.422. The highest BCUT2D eigenvalue weighted by molar-refractivity contribution is 7.78. The quantitative estimate of drug-likeness (QED) is 0.421. The molecule has 4 heteroatoms. The first-order chi connectivity index (χ1) is 3.93. The number of thiocarbonyl (C=S) groups is 1. The van der Waals surface area contributed by atoms with Gasteiger partial charge in [-0.3, -0.25) is 0 Å². The first-order valence-corrected chi connectivity index (χ1v) is 2.32. The molecule has 1 aromatic rings. The first-order valence-electron chi connectivity index (χ1n) is 1.92. The van der Waals surface area contributed by atoms with E-state index in [1.165, 1.54) is 6.26 Å². The van der Waals surface area contributed by atoms with E-state index >= 15 is 0 Å². The molecule has 0 aliphatic heterocycles. The summed E-state index contributed by atoms with van der Waals surface area (Å²) in [5, 5.41) is 5.59. The van der Waals surface area contributed by atoms with Gasteiger partial charge in [-0.1, -0.05) is 5.16 Å².